The zero-order valence-corrected chi connectivity index (χ0v) is 17.5. The molecule has 4 rings (SSSR count). The number of benzene rings is 2. The molecule has 5 heteroatoms. The van der Waals surface area contributed by atoms with Gasteiger partial charge in [-0.2, -0.15) is 0 Å². The molecule has 1 heterocycles. The third kappa shape index (κ3) is 5.21. The van der Waals surface area contributed by atoms with E-state index in [2.05, 4.69) is 23.9 Å². The Kier molecular flexibility index (Phi) is 6.47. The van der Waals surface area contributed by atoms with Gasteiger partial charge in [-0.25, -0.2) is 9.18 Å². The van der Waals surface area contributed by atoms with Crippen molar-refractivity contribution < 1.29 is 18.4 Å². The minimum Gasteiger partial charge on any atom is -0.454 e. The van der Waals surface area contributed by atoms with E-state index < -0.39 is 11.8 Å². The molecule has 0 amide bonds. The summed E-state index contributed by atoms with van der Waals surface area (Å²) in [5.74, 6) is 5.66. The highest BCUT2D eigenvalue weighted by Crippen LogP contribution is 2.24. The van der Waals surface area contributed by atoms with E-state index in [0.29, 0.717) is 22.9 Å². The molecule has 4 nitrogen and oxygen atoms in total. The molecule has 0 unspecified atom stereocenters. The number of ether oxygens (including phenoxy) is 1. The van der Waals surface area contributed by atoms with Crippen molar-refractivity contribution in [2.24, 2.45) is 5.92 Å². The Morgan fingerprint density at radius 2 is 1.94 bits per heavy atom. The summed E-state index contributed by atoms with van der Waals surface area (Å²) in [5, 5.41) is 4.03. The van der Waals surface area contributed by atoms with E-state index in [4.69, 9.17) is 9.26 Å². The Balaban J connectivity index is 1.36. The molecule has 0 N–H and O–H groups in total. The topological polar surface area (TPSA) is 52.3 Å². The van der Waals surface area contributed by atoms with Crippen molar-refractivity contribution in [3.63, 3.8) is 0 Å². The number of carbonyl (C=O) groups excluding carboxylic acids is 1. The molecule has 0 atom stereocenters. The van der Waals surface area contributed by atoms with Crippen LogP contribution in [-0.4, -0.2) is 11.1 Å². The molecule has 0 radical (unpaired) electrons. The molecule has 0 bridgehead atoms. The summed E-state index contributed by atoms with van der Waals surface area (Å²) < 4.78 is 24.9. The highest BCUT2D eigenvalue weighted by molar-refractivity contribution is 5.89. The van der Waals surface area contributed by atoms with Crippen LogP contribution in [0.3, 0.4) is 0 Å². The molecule has 158 valence electrons. The molecule has 1 aromatic heterocycles. The first-order chi connectivity index (χ1) is 15.1. The average Bonchev–Trinajstić information content (AvgIpc) is 3.49. The summed E-state index contributed by atoms with van der Waals surface area (Å²) in [6.07, 6.45) is 5.49. The van der Waals surface area contributed by atoms with Crippen LogP contribution in [0, 0.1) is 23.6 Å². The van der Waals surface area contributed by atoms with Crippen molar-refractivity contribution in [1.82, 2.24) is 5.16 Å². The van der Waals surface area contributed by atoms with Gasteiger partial charge in [-0.1, -0.05) is 61.0 Å². The number of carbonyl (C=O) groups is 1. The number of nitrogens with zero attached hydrogens (tertiary/aromatic N) is 1. The Morgan fingerprint density at radius 1 is 1.16 bits per heavy atom. The van der Waals surface area contributed by atoms with Gasteiger partial charge >= 0.3 is 5.97 Å². The first-order valence-corrected chi connectivity index (χ1v) is 10.7. The highest BCUT2D eigenvalue weighted by atomic mass is 19.1. The number of rotatable bonds is 5. The standard InChI is InChI=1S/C26H24FNO3/c1-2-18-7-11-21(12-8-18)25-16-23(31-28-25)17-30-26(29)22-14-13-20(24(27)15-22)10-9-19-5-3-4-6-19/h7-8,11-16,19H,2-6,17H2,1H3. The van der Waals surface area contributed by atoms with Crippen molar-refractivity contribution in [3.05, 3.63) is 76.8 Å². The van der Waals surface area contributed by atoms with Crippen molar-refractivity contribution >= 4 is 5.97 Å². The zero-order chi connectivity index (χ0) is 21.6. The van der Waals surface area contributed by atoms with E-state index in [1.54, 1.807) is 6.07 Å². The van der Waals surface area contributed by atoms with E-state index in [1.165, 1.54) is 36.6 Å². The molecule has 2 aromatic carbocycles. The molecule has 0 aliphatic heterocycles. The fourth-order valence-corrected chi connectivity index (χ4v) is 3.64. The lowest BCUT2D eigenvalue weighted by atomic mass is 10.1. The van der Waals surface area contributed by atoms with Gasteiger partial charge in [0.2, 0.25) is 0 Å². The number of hydrogen-bond donors (Lipinski definition) is 0. The molecule has 0 saturated heterocycles. The van der Waals surface area contributed by atoms with E-state index in [0.717, 1.165) is 24.8 Å². The van der Waals surface area contributed by atoms with Gasteiger partial charge in [0.15, 0.2) is 12.4 Å². The van der Waals surface area contributed by atoms with Crippen LogP contribution in [-0.2, 0) is 17.8 Å². The quantitative estimate of drug-likeness (QED) is 0.381. The van der Waals surface area contributed by atoms with Gasteiger partial charge in [-0.05, 0) is 43.0 Å². The summed E-state index contributed by atoms with van der Waals surface area (Å²) in [6, 6.07) is 14.0. The summed E-state index contributed by atoms with van der Waals surface area (Å²) in [6.45, 7) is 2.02. The lowest BCUT2D eigenvalue weighted by Crippen LogP contribution is -2.05. The van der Waals surface area contributed by atoms with Gasteiger partial charge in [0.05, 0.1) is 11.1 Å². The van der Waals surface area contributed by atoms with Crippen LogP contribution < -0.4 is 0 Å². The molecule has 0 spiro atoms. The molecular formula is C26H24FNO3. The fourth-order valence-electron chi connectivity index (χ4n) is 3.64. The maximum Gasteiger partial charge on any atom is 0.338 e. The minimum absolute atomic E-state index is 0.0796. The molecule has 1 aliphatic carbocycles. The highest BCUT2D eigenvalue weighted by Gasteiger charge is 2.14. The second-order valence-electron chi connectivity index (χ2n) is 7.75. The average molecular weight is 417 g/mol. The monoisotopic (exact) mass is 417 g/mol. The maximum atomic E-state index is 14.4. The number of halogens is 1. The van der Waals surface area contributed by atoms with Gasteiger partial charge in [-0.3, -0.25) is 0 Å². The predicted molar refractivity (Wildman–Crippen MR) is 116 cm³/mol. The maximum absolute atomic E-state index is 14.4. The molecule has 1 aliphatic rings. The molecular weight excluding hydrogens is 393 g/mol. The van der Waals surface area contributed by atoms with Crippen molar-refractivity contribution in [2.45, 2.75) is 45.6 Å². The summed E-state index contributed by atoms with van der Waals surface area (Å²) in [7, 11) is 0. The van der Waals surface area contributed by atoms with Crippen molar-refractivity contribution in [3.8, 4) is 23.1 Å². The normalized spacial score (nSPS) is 13.6. The van der Waals surface area contributed by atoms with Crippen LogP contribution in [0.1, 0.15) is 59.9 Å². The Bertz CT molecular complexity index is 1120. The smallest absolute Gasteiger partial charge is 0.338 e. The largest absolute Gasteiger partial charge is 0.454 e. The van der Waals surface area contributed by atoms with Crippen molar-refractivity contribution in [2.75, 3.05) is 0 Å². The van der Waals surface area contributed by atoms with Crippen LogP contribution in [0.4, 0.5) is 4.39 Å². The van der Waals surface area contributed by atoms with Crippen LogP contribution in [0.15, 0.2) is 53.1 Å². The molecule has 1 saturated carbocycles. The number of esters is 1. The third-order valence-corrected chi connectivity index (χ3v) is 5.53. The third-order valence-electron chi connectivity index (χ3n) is 5.53. The Hall–Kier alpha value is -3.39. The summed E-state index contributed by atoms with van der Waals surface area (Å²) in [5.41, 5.74) is 3.28. The fraction of sp³-hybridized carbons (Fsp3) is 0.308. The van der Waals surface area contributed by atoms with Crippen LogP contribution >= 0.6 is 0 Å². The first-order valence-electron chi connectivity index (χ1n) is 10.7. The SMILES string of the molecule is CCc1ccc(-c2cc(COC(=O)c3ccc(C#CC4CCCC4)c(F)c3)on2)cc1. The van der Waals surface area contributed by atoms with E-state index in [9.17, 15) is 9.18 Å². The predicted octanol–water partition coefficient (Wildman–Crippen LogP) is 5.94. The zero-order valence-electron chi connectivity index (χ0n) is 17.5. The lowest BCUT2D eigenvalue weighted by molar-refractivity contribution is 0.0437. The van der Waals surface area contributed by atoms with Crippen LogP contribution in [0.25, 0.3) is 11.3 Å². The summed E-state index contributed by atoms with van der Waals surface area (Å²) in [4.78, 5) is 12.3. The second kappa shape index (κ2) is 9.61. The van der Waals surface area contributed by atoms with Gasteiger partial charge in [0.1, 0.15) is 11.5 Å². The van der Waals surface area contributed by atoms with E-state index >= 15 is 0 Å². The number of aromatic nitrogens is 1. The van der Waals surface area contributed by atoms with E-state index in [1.807, 2.05) is 24.3 Å². The van der Waals surface area contributed by atoms with Gasteiger partial charge < -0.3 is 9.26 Å². The Morgan fingerprint density at radius 3 is 2.65 bits per heavy atom. The lowest BCUT2D eigenvalue weighted by Gasteiger charge is -2.04. The van der Waals surface area contributed by atoms with Crippen LogP contribution in [0.5, 0.6) is 0 Å². The van der Waals surface area contributed by atoms with Crippen LogP contribution in [0.2, 0.25) is 0 Å². The van der Waals surface area contributed by atoms with Gasteiger partial charge in [-0.15, -0.1) is 0 Å². The number of hydrogen-bond acceptors (Lipinski definition) is 4. The molecule has 31 heavy (non-hydrogen) atoms. The van der Waals surface area contributed by atoms with Gasteiger partial charge in [0, 0.05) is 17.5 Å². The minimum atomic E-state index is -0.626. The second-order valence-corrected chi connectivity index (χ2v) is 7.75. The van der Waals surface area contributed by atoms with E-state index in [-0.39, 0.29) is 12.2 Å². The molecule has 1 fully saturated rings. The molecule has 3 aromatic rings. The van der Waals surface area contributed by atoms with Crippen molar-refractivity contribution in [1.29, 1.82) is 0 Å². The number of aryl methyl sites for hydroxylation is 1. The summed E-state index contributed by atoms with van der Waals surface area (Å²) >= 11 is 0. The Labute approximate surface area is 181 Å². The first kappa shape index (κ1) is 20.9. The van der Waals surface area contributed by atoms with Gasteiger partial charge in [0.25, 0.3) is 0 Å².